The molecule has 4 heteroatoms. The first-order valence-electron chi connectivity index (χ1n) is 3.45. The summed E-state index contributed by atoms with van der Waals surface area (Å²) in [5, 5.41) is 0.442. The van der Waals surface area contributed by atoms with E-state index in [9.17, 15) is 4.79 Å². The second-order valence-corrected chi connectivity index (χ2v) is 3.07. The van der Waals surface area contributed by atoms with Crippen molar-refractivity contribution in [1.29, 1.82) is 0 Å². The number of aromatic nitrogens is 1. The van der Waals surface area contributed by atoms with Crippen molar-refractivity contribution in [3.63, 3.8) is 0 Å². The van der Waals surface area contributed by atoms with Crippen LogP contribution in [0.25, 0.3) is 0 Å². The molecular formula is C8H8ClNOS. The van der Waals surface area contributed by atoms with E-state index in [1.807, 2.05) is 0 Å². The summed E-state index contributed by atoms with van der Waals surface area (Å²) in [4.78, 5) is 14.8. The van der Waals surface area contributed by atoms with Gasteiger partial charge in [-0.2, -0.15) is 12.6 Å². The van der Waals surface area contributed by atoms with E-state index < -0.39 is 0 Å². The van der Waals surface area contributed by atoms with E-state index in [-0.39, 0.29) is 11.5 Å². The van der Waals surface area contributed by atoms with Crippen molar-refractivity contribution in [3.05, 3.63) is 29.0 Å². The first-order valence-corrected chi connectivity index (χ1v) is 4.46. The minimum absolute atomic E-state index is 0.0856. The van der Waals surface area contributed by atoms with E-state index in [2.05, 4.69) is 17.6 Å². The zero-order chi connectivity index (χ0) is 8.97. The van der Waals surface area contributed by atoms with E-state index in [4.69, 9.17) is 11.6 Å². The van der Waals surface area contributed by atoms with Crippen molar-refractivity contribution >= 4 is 30.0 Å². The summed E-state index contributed by atoms with van der Waals surface area (Å²) >= 11 is 9.44. The van der Waals surface area contributed by atoms with Crippen LogP contribution in [0, 0.1) is 0 Å². The zero-order valence-corrected chi connectivity index (χ0v) is 7.98. The highest BCUT2D eigenvalue weighted by atomic mass is 35.5. The van der Waals surface area contributed by atoms with E-state index in [0.717, 1.165) is 5.56 Å². The number of hydrogen-bond acceptors (Lipinski definition) is 3. The Morgan fingerprint density at radius 1 is 1.58 bits per heavy atom. The molecule has 64 valence electrons. The third-order valence-electron chi connectivity index (χ3n) is 1.37. The maximum absolute atomic E-state index is 10.9. The maximum Gasteiger partial charge on any atom is 0.146 e. The fourth-order valence-electron chi connectivity index (χ4n) is 0.795. The van der Waals surface area contributed by atoms with Crippen LogP contribution in [0.4, 0.5) is 0 Å². The van der Waals surface area contributed by atoms with Crippen LogP contribution in [0.15, 0.2) is 18.3 Å². The highest BCUT2D eigenvalue weighted by Gasteiger charge is 2.00. The standard InChI is InChI=1S/C8H8ClNOS/c9-8-2-1-6(4-10-8)3-7(11)5-12/h1-2,4,12H,3,5H2. The van der Waals surface area contributed by atoms with Crippen molar-refractivity contribution < 1.29 is 4.79 Å². The highest BCUT2D eigenvalue weighted by Crippen LogP contribution is 2.06. The molecule has 0 saturated carbocycles. The van der Waals surface area contributed by atoms with Crippen LogP contribution in [-0.2, 0) is 11.2 Å². The Bertz CT molecular complexity index is 273. The molecule has 1 rings (SSSR count). The number of pyridine rings is 1. The van der Waals surface area contributed by atoms with Gasteiger partial charge in [0.25, 0.3) is 0 Å². The van der Waals surface area contributed by atoms with Crippen molar-refractivity contribution in [1.82, 2.24) is 4.98 Å². The number of ketones is 1. The molecule has 1 aromatic rings. The number of halogens is 1. The van der Waals surface area contributed by atoms with E-state index in [1.165, 1.54) is 0 Å². The van der Waals surface area contributed by atoms with Crippen molar-refractivity contribution in [2.45, 2.75) is 6.42 Å². The average Bonchev–Trinajstić information content (AvgIpc) is 2.09. The molecule has 2 nitrogen and oxygen atoms in total. The van der Waals surface area contributed by atoms with Crippen LogP contribution in [-0.4, -0.2) is 16.5 Å². The van der Waals surface area contributed by atoms with Gasteiger partial charge in [-0.3, -0.25) is 4.79 Å². The zero-order valence-electron chi connectivity index (χ0n) is 6.33. The molecule has 1 aromatic heterocycles. The number of nitrogens with zero attached hydrogens (tertiary/aromatic N) is 1. The topological polar surface area (TPSA) is 30.0 Å². The van der Waals surface area contributed by atoms with Gasteiger partial charge in [-0.05, 0) is 11.6 Å². The van der Waals surface area contributed by atoms with Crippen molar-refractivity contribution in [2.75, 3.05) is 5.75 Å². The van der Waals surface area contributed by atoms with Crippen molar-refractivity contribution in [3.8, 4) is 0 Å². The highest BCUT2D eigenvalue weighted by molar-refractivity contribution is 7.81. The molecule has 0 aromatic carbocycles. The number of carbonyl (C=O) groups excluding carboxylic acids is 1. The molecule has 0 bridgehead atoms. The van der Waals surface area contributed by atoms with Gasteiger partial charge in [-0.15, -0.1) is 0 Å². The summed E-state index contributed by atoms with van der Waals surface area (Å²) in [5.74, 6) is 0.352. The lowest BCUT2D eigenvalue weighted by Gasteiger charge is -1.97. The minimum atomic E-state index is 0.0856. The average molecular weight is 202 g/mol. The summed E-state index contributed by atoms with van der Waals surface area (Å²) in [6, 6.07) is 3.46. The van der Waals surface area contributed by atoms with Gasteiger partial charge in [0.1, 0.15) is 10.9 Å². The van der Waals surface area contributed by atoms with Crippen LogP contribution >= 0.6 is 24.2 Å². The van der Waals surface area contributed by atoms with Crippen LogP contribution in [0.5, 0.6) is 0 Å². The lowest BCUT2D eigenvalue weighted by molar-refractivity contribution is -0.115. The molecule has 0 atom stereocenters. The molecule has 0 aliphatic heterocycles. The molecule has 0 amide bonds. The first kappa shape index (κ1) is 9.55. The quantitative estimate of drug-likeness (QED) is 0.597. The minimum Gasteiger partial charge on any atom is -0.298 e. The lowest BCUT2D eigenvalue weighted by Crippen LogP contribution is -2.03. The second-order valence-electron chi connectivity index (χ2n) is 2.36. The van der Waals surface area contributed by atoms with E-state index in [1.54, 1.807) is 18.3 Å². The molecule has 0 radical (unpaired) electrons. The molecular weight excluding hydrogens is 194 g/mol. The fraction of sp³-hybridized carbons (Fsp3) is 0.250. The van der Waals surface area contributed by atoms with Gasteiger partial charge in [0, 0.05) is 18.4 Å². The Kier molecular flexibility index (Phi) is 3.56. The molecule has 0 aliphatic rings. The fourth-order valence-corrected chi connectivity index (χ4v) is 1.02. The van der Waals surface area contributed by atoms with Crippen molar-refractivity contribution in [2.24, 2.45) is 0 Å². The third kappa shape index (κ3) is 2.83. The Morgan fingerprint density at radius 3 is 2.83 bits per heavy atom. The molecule has 1 heterocycles. The summed E-state index contributed by atoms with van der Waals surface area (Å²) < 4.78 is 0. The largest absolute Gasteiger partial charge is 0.298 e. The summed E-state index contributed by atoms with van der Waals surface area (Å²) in [6.07, 6.45) is 1.98. The van der Waals surface area contributed by atoms with Crippen LogP contribution < -0.4 is 0 Å². The second kappa shape index (κ2) is 4.48. The van der Waals surface area contributed by atoms with Crippen LogP contribution in [0.1, 0.15) is 5.56 Å². The third-order valence-corrected chi connectivity index (χ3v) is 1.94. The summed E-state index contributed by atoms with van der Waals surface area (Å²) in [6.45, 7) is 0. The Labute approximate surface area is 81.4 Å². The number of hydrogen-bond donors (Lipinski definition) is 1. The predicted octanol–water partition coefficient (Wildman–Crippen LogP) is 1.78. The van der Waals surface area contributed by atoms with Gasteiger partial charge in [0.05, 0.1) is 0 Å². The van der Waals surface area contributed by atoms with Gasteiger partial charge in [-0.25, -0.2) is 4.98 Å². The van der Waals surface area contributed by atoms with Crippen LogP contribution in [0.3, 0.4) is 0 Å². The van der Waals surface area contributed by atoms with Gasteiger partial charge < -0.3 is 0 Å². The summed E-state index contributed by atoms with van der Waals surface area (Å²) in [5.41, 5.74) is 0.874. The smallest absolute Gasteiger partial charge is 0.146 e. The van der Waals surface area contributed by atoms with Crippen LogP contribution in [0.2, 0.25) is 5.15 Å². The lowest BCUT2D eigenvalue weighted by atomic mass is 10.2. The number of carbonyl (C=O) groups is 1. The maximum atomic E-state index is 10.9. The van der Waals surface area contributed by atoms with E-state index >= 15 is 0 Å². The molecule has 0 spiro atoms. The monoisotopic (exact) mass is 201 g/mol. The molecule has 0 fully saturated rings. The van der Waals surface area contributed by atoms with Gasteiger partial charge in [0.15, 0.2) is 0 Å². The molecule has 0 N–H and O–H groups in total. The Morgan fingerprint density at radius 2 is 2.33 bits per heavy atom. The number of rotatable bonds is 3. The molecule has 12 heavy (non-hydrogen) atoms. The number of Topliss-reactive ketones (excluding diaryl/α,β-unsaturated/α-hetero) is 1. The van der Waals surface area contributed by atoms with Gasteiger partial charge in [0.2, 0.25) is 0 Å². The predicted molar refractivity (Wildman–Crippen MR) is 51.8 cm³/mol. The van der Waals surface area contributed by atoms with Gasteiger partial charge in [-0.1, -0.05) is 17.7 Å². The Hall–Kier alpha value is -0.540. The first-order chi connectivity index (χ1) is 5.72. The molecule has 0 aliphatic carbocycles. The van der Waals surface area contributed by atoms with E-state index in [0.29, 0.717) is 11.6 Å². The SMILES string of the molecule is O=C(CS)Cc1ccc(Cl)nc1. The normalized spacial score (nSPS) is 9.83. The molecule has 0 saturated heterocycles. The molecule has 0 unspecified atom stereocenters. The Balaban J connectivity index is 2.64. The summed E-state index contributed by atoms with van der Waals surface area (Å²) in [7, 11) is 0. The number of thiol groups is 1. The van der Waals surface area contributed by atoms with Gasteiger partial charge >= 0.3 is 0 Å².